The van der Waals surface area contributed by atoms with Gasteiger partial charge in [0, 0.05) is 31.9 Å². The molecule has 23 heavy (non-hydrogen) atoms. The van der Waals surface area contributed by atoms with Crippen molar-refractivity contribution in [2.75, 3.05) is 31.5 Å². The summed E-state index contributed by atoms with van der Waals surface area (Å²) in [5, 5.41) is 2.62. The van der Waals surface area contributed by atoms with E-state index < -0.39 is 10.0 Å². The van der Waals surface area contributed by atoms with Crippen LogP contribution in [0.15, 0.2) is 30.3 Å². The summed E-state index contributed by atoms with van der Waals surface area (Å²) >= 11 is 0. The van der Waals surface area contributed by atoms with Crippen molar-refractivity contribution >= 4 is 21.7 Å². The van der Waals surface area contributed by atoms with Crippen LogP contribution in [0.1, 0.15) is 25.7 Å². The molecule has 126 valence electrons. The average molecular weight is 337 g/mol. The molecule has 1 aliphatic carbocycles. The highest BCUT2D eigenvalue weighted by Gasteiger charge is 2.36. The maximum atomic E-state index is 12.6. The summed E-state index contributed by atoms with van der Waals surface area (Å²) in [6.45, 7) is 1.65. The van der Waals surface area contributed by atoms with Crippen molar-refractivity contribution in [3.05, 3.63) is 30.3 Å². The molecule has 7 heteroatoms. The molecule has 1 aromatic carbocycles. The first-order valence-electron chi connectivity index (χ1n) is 8.17. The third-order valence-electron chi connectivity index (χ3n) is 4.63. The fourth-order valence-corrected chi connectivity index (χ4v) is 5.29. The Kier molecular flexibility index (Phi) is 4.87. The molecule has 1 saturated carbocycles. The summed E-state index contributed by atoms with van der Waals surface area (Å²) in [7, 11) is -3.19. The number of sulfonamides is 1. The molecule has 1 N–H and O–H groups in total. The molecule has 1 aliphatic heterocycles. The van der Waals surface area contributed by atoms with Crippen LogP contribution in [0.2, 0.25) is 0 Å². The molecule has 1 saturated heterocycles. The summed E-state index contributed by atoms with van der Waals surface area (Å²) in [5.74, 6) is 0. The number of piperazine rings is 1. The van der Waals surface area contributed by atoms with Gasteiger partial charge in [-0.1, -0.05) is 31.0 Å². The summed E-state index contributed by atoms with van der Waals surface area (Å²) in [6.07, 6.45) is 3.56. The first-order chi connectivity index (χ1) is 11.1. The zero-order valence-corrected chi connectivity index (χ0v) is 14.0. The lowest BCUT2D eigenvalue weighted by molar-refractivity contribution is 0.184. The van der Waals surface area contributed by atoms with Crippen molar-refractivity contribution in [2.24, 2.45) is 0 Å². The number of amides is 2. The van der Waals surface area contributed by atoms with Crippen LogP contribution in [0.5, 0.6) is 0 Å². The molecular weight excluding hydrogens is 314 g/mol. The Bertz CT molecular complexity index is 634. The Morgan fingerprint density at radius 1 is 1.00 bits per heavy atom. The molecular formula is C16H23N3O3S. The molecule has 0 spiro atoms. The van der Waals surface area contributed by atoms with E-state index in [1.54, 1.807) is 9.21 Å². The number of benzene rings is 1. The molecule has 2 fully saturated rings. The summed E-state index contributed by atoms with van der Waals surface area (Å²) < 4.78 is 26.7. The first kappa shape index (κ1) is 16.3. The maximum Gasteiger partial charge on any atom is 0.321 e. The number of carbonyl (C=O) groups is 1. The van der Waals surface area contributed by atoms with E-state index in [0.717, 1.165) is 31.4 Å². The number of anilines is 1. The van der Waals surface area contributed by atoms with Crippen LogP contribution in [0.4, 0.5) is 10.5 Å². The van der Waals surface area contributed by atoms with Gasteiger partial charge in [-0.25, -0.2) is 13.2 Å². The summed E-state index contributed by atoms with van der Waals surface area (Å²) in [5.41, 5.74) is 0.749. The fourth-order valence-electron chi connectivity index (χ4n) is 3.27. The van der Waals surface area contributed by atoms with E-state index >= 15 is 0 Å². The van der Waals surface area contributed by atoms with Crippen LogP contribution in [0.3, 0.4) is 0 Å². The van der Waals surface area contributed by atoms with Crippen LogP contribution in [-0.4, -0.2) is 55.1 Å². The number of nitrogens with zero attached hydrogens (tertiary/aromatic N) is 2. The monoisotopic (exact) mass is 337 g/mol. The zero-order chi connectivity index (χ0) is 16.3. The van der Waals surface area contributed by atoms with E-state index in [0.29, 0.717) is 26.2 Å². The Balaban J connectivity index is 1.55. The normalized spacial score (nSPS) is 20.6. The standard InChI is InChI=1S/C16H23N3O3S/c20-16(17-14-6-2-1-3-7-14)18-10-12-19(13-11-18)23(21,22)15-8-4-5-9-15/h1-3,6-7,15H,4-5,8-13H2,(H,17,20). The molecule has 2 amide bonds. The van der Waals surface area contributed by atoms with Gasteiger partial charge in [0.25, 0.3) is 0 Å². The minimum atomic E-state index is -3.19. The van der Waals surface area contributed by atoms with Crippen molar-refractivity contribution in [3.8, 4) is 0 Å². The second-order valence-corrected chi connectivity index (χ2v) is 8.35. The molecule has 6 nitrogen and oxygen atoms in total. The lowest BCUT2D eigenvalue weighted by atomic mass is 10.3. The molecule has 0 radical (unpaired) electrons. The highest BCUT2D eigenvalue weighted by molar-refractivity contribution is 7.89. The van der Waals surface area contributed by atoms with Crippen LogP contribution in [0.25, 0.3) is 0 Å². The van der Waals surface area contributed by atoms with Crippen molar-refractivity contribution in [3.63, 3.8) is 0 Å². The molecule has 1 heterocycles. The second-order valence-electron chi connectivity index (χ2n) is 6.13. The SMILES string of the molecule is O=C(Nc1ccccc1)N1CCN(S(=O)(=O)C2CCCC2)CC1. The quantitative estimate of drug-likeness (QED) is 0.918. The van der Waals surface area contributed by atoms with Gasteiger partial charge in [-0.2, -0.15) is 4.31 Å². The van der Waals surface area contributed by atoms with Gasteiger partial charge in [-0.05, 0) is 25.0 Å². The minimum Gasteiger partial charge on any atom is -0.322 e. The molecule has 3 rings (SSSR count). The minimum absolute atomic E-state index is 0.172. The number of carbonyl (C=O) groups excluding carboxylic acids is 1. The predicted octanol–water partition coefficient (Wildman–Crippen LogP) is 2.11. The van der Waals surface area contributed by atoms with Gasteiger partial charge in [0.1, 0.15) is 0 Å². The van der Waals surface area contributed by atoms with Gasteiger partial charge in [0.15, 0.2) is 0 Å². The van der Waals surface area contributed by atoms with E-state index in [9.17, 15) is 13.2 Å². The van der Waals surface area contributed by atoms with Gasteiger partial charge in [0.05, 0.1) is 5.25 Å². The molecule has 0 aromatic heterocycles. The van der Waals surface area contributed by atoms with Gasteiger partial charge >= 0.3 is 6.03 Å². The van der Waals surface area contributed by atoms with Crippen LogP contribution < -0.4 is 5.32 Å². The van der Waals surface area contributed by atoms with Crippen LogP contribution >= 0.6 is 0 Å². The number of urea groups is 1. The van der Waals surface area contributed by atoms with Crippen molar-refractivity contribution in [2.45, 2.75) is 30.9 Å². The van der Waals surface area contributed by atoms with E-state index in [1.807, 2.05) is 30.3 Å². The number of hydrogen-bond acceptors (Lipinski definition) is 3. The number of para-hydroxylation sites is 1. The summed E-state index contributed by atoms with van der Waals surface area (Å²) in [6, 6.07) is 9.11. The Morgan fingerprint density at radius 3 is 2.22 bits per heavy atom. The Labute approximate surface area is 137 Å². The van der Waals surface area contributed by atoms with Gasteiger partial charge in [-0.15, -0.1) is 0 Å². The predicted molar refractivity (Wildman–Crippen MR) is 89.8 cm³/mol. The van der Waals surface area contributed by atoms with Gasteiger partial charge in [0.2, 0.25) is 10.0 Å². The maximum absolute atomic E-state index is 12.6. The molecule has 0 unspecified atom stereocenters. The van der Waals surface area contributed by atoms with Crippen molar-refractivity contribution < 1.29 is 13.2 Å². The van der Waals surface area contributed by atoms with E-state index in [2.05, 4.69) is 5.32 Å². The average Bonchev–Trinajstić information content (AvgIpc) is 3.11. The number of rotatable bonds is 3. The Hall–Kier alpha value is -1.60. The fraction of sp³-hybridized carbons (Fsp3) is 0.562. The lowest BCUT2D eigenvalue weighted by Gasteiger charge is -2.35. The second kappa shape index (κ2) is 6.88. The third kappa shape index (κ3) is 3.67. The van der Waals surface area contributed by atoms with E-state index in [-0.39, 0.29) is 11.3 Å². The first-order valence-corrected chi connectivity index (χ1v) is 9.67. The molecule has 0 bridgehead atoms. The molecule has 0 atom stereocenters. The molecule has 1 aromatic rings. The van der Waals surface area contributed by atoms with E-state index in [1.165, 1.54) is 0 Å². The van der Waals surface area contributed by atoms with Crippen molar-refractivity contribution in [1.82, 2.24) is 9.21 Å². The number of nitrogens with one attached hydrogen (secondary N) is 1. The van der Waals surface area contributed by atoms with E-state index in [4.69, 9.17) is 0 Å². The molecule has 2 aliphatic rings. The van der Waals surface area contributed by atoms with Crippen LogP contribution in [-0.2, 0) is 10.0 Å². The third-order valence-corrected chi connectivity index (χ3v) is 7.03. The highest BCUT2D eigenvalue weighted by atomic mass is 32.2. The lowest BCUT2D eigenvalue weighted by Crippen LogP contribution is -2.53. The Morgan fingerprint density at radius 2 is 1.61 bits per heavy atom. The largest absolute Gasteiger partial charge is 0.322 e. The smallest absolute Gasteiger partial charge is 0.321 e. The topological polar surface area (TPSA) is 69.7 Å². The van der Waals surface area contributed by atoms with Crippen molar-refractivity contribution in [1.29, 1.82) is 0 Å². The highest BCUT2D eigenvalue weighted by Crippen LogP contribution is 2.27. The van der Waals surface area contributed by atoms with Gasteiger partial charge in [-0.3, -0.25) is 0 Å². The van der Waals surface area contributed by atoms with Gasteiger partial charge < -0.3 is 10.2 Å². The zero-order valence-electron chi connectivity index (χ0n) is 13.1. The van der Waals surface area contributed by atoms with Crippen LogP contribution in [0, 0.1) is 0 Å². The number of hydrogen-bond donors (Lipinski definition) is 1. The summed E-state index contributed by atoms with van der Waals surface area (Å²) in [4.78, 5) is 13.9.